The van der Waals surface area contributed by atoms with E-state index < -0.39 is 17.8 Å². The van der Waals surface area contributed by atoms with Crippen LogP contribution in [0.25, 0.3) is 5.69 Å². The van der Waals surface area contributed by atoms with Crippen LogP contribution in [0, 0.1) is 0 Å². The zero-order valence-electron chi connectivity index (χ0n) is 15.3. The Hall–Kier alpha value is -3.09. The summed E-state index contributed by atoms with van der Waals surface area (Å²) in [5.41, 5.74) is 1.08. The molecule has 0 atom stereocenters. The number of carbonyl (C=O) groups excluding carboxylic acids is 1. The topological polar surface area (TPSA) is 46.9 Å². The van der Waals surface area contributed by atoms with Gasteiger partial charge in [-0.1, -0.05) is 49.4 Å². The van der Waals surface area contributed by atoms with E-state index >= 15 is 0 Å². The van der Waals surface area contributed by atoms with E-state index in [9.17, 15) is 18.0 Å². The molecule has 1 N–H and O–H groups in total. The Morgan fingerprint density at radius 3 is 2.29 bits per heavy atom. The van der Waals surface area contributed by atoms with E-state index in [1.807, 2.05) is 24.3 Å². The Morgan fingerprint density at radius 2 is 1.68 bits per heavy atom. The summed E-state index contributed by atoms with van der Waals surface area (Å²) in [6, 6.07) is 15.8. The van der Waals surface area contributed by atoms with Crippen LogP contribution < -0.4 is 5.32 Å². The lowest BCUT2D eigenvalue weighted by molar-refractivity contribution is -0.142. The molecule has 0 saturated carbocycles. The first-order chi connectivity index (χ1) is 13.4. The SMILES string of the molecule is CCc1ccc(CCC(=O)Nc2cnn(-c3ccccc3)c2C(F)(F)F)cc1. The fourth-order valence-electron chi connectivity index (χ4n) is 2.89. The maximum absolute atomic E-state index is 13.6. The van der Waals surface area contributed by atoms with Crippen LogP contribution in [0.5, 0.6) is 0 Å². The molecule has 1 aromatic heterocycles. The number of aromatic nitrogens is 2. The zero-order valence-corrected chi connectivity index (χ0v) is 15.3. The van der Waals surface area contributed by atoms with Crippen LogP contribution >= 0.6 is 0 Å². The molecule has 0 aliphatic heterocycles. The second kappa shape index (κ2) is 8.29. The van der Waals surface area contributed by atoms with E-state index in [1.54, 1.807) is 18.2 Å². The van der Waals surface area contributed by atoms with E-state index in [4.69, 9.17) is 0 Å². The van der Waals surface area contributed by atoms with E-state index in [0.29, 0.717) is 6.42 Å². The summed E-state index contributed by atoms with van der Waals surface area (Å²) >= 11 is 0. The fraction of sp³-hybridized carbons (Fsp3) is 0.238. The van der Waals surface area contributed by atoms with Gasteiger partial charge in [-0.2, -0.15) is 18.3 Å². The van der Waals surface area contributed by atoms with E-state index in [2.05, 4.69) is 17.3 Å². The summed E-state index contributed by atoms with van der Waals surface area (Å²) in [7, 11) is 0. The summed E-state index contributed by atoms with van der Waals surface area (Å²) in [5, 5.41) is 6.18. The fourth-order valence-corrected chi connectivity index (χ4v) is 2.89. The summed E-state index contributed by atoms with van der Waals surface area (Å²) in [4.78, 5) is 12.2. The first-order valence-corrected chi connectivity index (χ1v) is 8.96. The van der Waals surface area contributed by atoms with Gasteiger partial charge < -0.3 is 5.32 Å². The Labute approximate surface area is 161 Å². The third kappa shape index (κ3) is 4.60. The highest BCUT2D eigenvalue weighted by Crippen LogP contribution is 2.36. The highest BCUT2D eigenvalue weighted by Gasteiger charge is 2.39. The number of rotatable bonds is 6. The average Bonchev–Trinajstić information content (AvgIpc) is 3.11. The molecular formula is C21H20F3N3O. The molecule has 0 fully saturated rings. The highest BCUT2D eigenvalue weighted by molar-refractivity contribution is 5.91. The molecule has 28 heavy (non-hydrogen) atoms. The largest absolute Gasteiger partial charge is 0.435 e. The number of halogens is 3. The van der Waals surface area contributed by atoms with Gasteiger partial charge in [0.15, 0.2) is 5.69 Å². The predicted octanol–water partition coefficient (Wildman–Crippen LogP) is 5.02. The van der Waals surface area contributed by atoms with Crippen molar-refractivity contribution in [3.05, 3.63) is 77.6 Å². The normalized spacial score (nSPS) is 11.4. The monoisotopic (exact) mass is 387 g/mol. The first-order valence-electron chi connectivity index (χ1n) is 8.96. The van der Waals surface area contributed by atoms with Crippen molar-refractivity contribution in [3.63, 3.8) is 0 Å². The molecule has 0 aliphatic rings. The second-order valence-corrected chi connectivity index (χ2v) is 6.37. The van der Waals surface area contributed by atoms with Gasteiger partial charge in [-0.3, -0.25) is 4.79 Å². The molecule has 1 amide bonds. The van der Waals surface area contributed by atoms with Crippen LogP contribution in [0.4, 0.5) is 18.9 Å². The van der Waals surface area contributed by atoms with Crippen LogP contribution in [0.2, 0.25) is 0 Å². The van der Waals surface area contributed by atoms with Crippen molar-refractivity contribution in [2.45, 2.75) is 32.4 Å². The smallest absolute Gasteiger partial charge is 0.323 e. The summed E-state index contributed by atoms with van der Waals surface area (Å²) in [6.45, 7) is 2.05. The predicted molar refractivity (Wildman–Crippen MR) is 101 cm³/mol. The molecule has 7 heteroatoms. The molecule has 3 rings (SSSR count). The van der Waals surface area contributed by atoms with Gasteiger partial charge >= 0.3 is 6.18 Å². The number of para-hydroxylation sites is 1. The minimum atomic E-state index is -4.66. The van der Waals surface area contributed by atoms with Gasteiger partial charge in [0.05, 0.1) is 17.6 Å². The van der Waals surface area contributed by atoms with E-state index in [0.717, 1.165) is 22.9 Å². The minimum absolute atomic E-state index is 0.0826. The summed E-state index contributed by atoms with van der Waals surface area (Å²) < 4.78 is 41.6. The van der Waals surface area contributed by atoms with Crippen LogP contribution in [0.1, 0.15) is 30.2 Å². The molecule has 146 valence electrons. The van der Waals surface area contributed by atoms with E-state index in [1.165, 1.54) is 17.7 Å². The Bertz CT molecular complexity index is 932. The number of carbonyl (C=O) groups is 1. The number of aryl methyl sites for hydroxylation is 2. The molecule has 1 heterocycles. The zero-order chi connectivity index (χ0) is 20.1. The molecule has 0 radical (unpaired) electrons. The van der Waals surface area contributed by atoms with Crippen LogP contribution in [-0.2, 0) is 23.8 Å². The van der Waals surface area contributed by atoms with Gasteiger partial charge in [0.25, 0.3) is 0 Å². The number of nitrogens with zero attached hydrogens (tertiary/aromatic N) is 2. The molecule has 0 unspecified atom stereocenters. The number of hydrogen-bond donors (Lipinski definition) is 1. The highest BCUT2D eigenvalue weighted by atomic mass is 19.4. The van der Waals surface area contributed by atoms with Crippen molar-refractivity contribution < 1.29 is 18.0 Å². The third-order valence-corrected chi connectivity index (χ3v) is 4.38. The lowest BCUT2D eigenvalue weighted by Crippen LogP contribution is -2.19. The van der Waals surface area contributed by atoms with E-state index in [-0.39, 0.29) is 17.8 Å². The standard InChI is InChI=1S/C21H20F3N3O/c1-2-15-8-10-16(11-9-15)12-13-19(28)26-18-14-25-27(20(18)21(22,23)24)17-6-4-3-5-7-17/h3-11,14H,2,12-13H2,1H3,(H,26,28). The van der Waals surface area contributed by atoms with Crippen molar-refractivity contribution in [1.29, 1.82) is 0 Å². The Kier molecular flexibility index (Phi) is 5.82. The summed E-state index contributed by atoms with van der Waals surface area (Å²) in [6.07, 6.45) is -2.18. The number of amides is 1. The molecular weight excluding hydrogens is 367 g/mol. The second-order valence-electron chi connectivity index (χ2n) is 6.37. The van der Waals surface area contributed by atoms with Gasteiger partial charge in [0, 0.05) is 6.42 Å². The molecule has 0 aliphatic carbocycles. The minimum Gasteiger partial charge on any atom is -0.323 e. The van der Waals surface area contributed by atoms with Crippen LogP contribution in [-0.4, -0.2) is 15.7 Å². The van der Waals surface area contributed by atoms with Gasteiger partial charge in [0.2, 0.25) is 5.91 Å². The van der Waals surface area contributed by atoms with Crippen LogP contribution in [0.3, 0.4) is 0 Å². The van der Waals surface area contributed by atoms with Crippen molar-refractivity contribution in [2.24, 2.45) is 0 Å². The number of nitrogens with one attached hydrogen (secondary N) is 1. The first kappa shape index (κ1) is 19.7. The van der Waals surface area contributed by atoms with Crippen molar-refractivity contribution in [1.82, 2.24) is 9.78 Å². The average molecular weight is 387 g/mol. The van der Waals surface area contributed by atoms with Crippen molar-refractivity contribution in [3.8, 4) is 5.69 Å². The van der Waals surface area contributed by atoms with Crippen LogP contribution in [0.15, 0.2) is 60.8 Å². The number of benzene rings is 2. The van der Waals surface area contributed by atoms with Crippen molar-refractivity contribution in [2.75, 3.05) is 5.32 Å². The summed E-state index contributed by atoms with van der Waals surface area (Å²) in [5.74, 6) is -0.488. The molecule has 0 bridgehead atoms. The Balaban J connectivity index is 1.74. The van der Waals surface area contributed by atoms with Gasteiger partial charge in [-0.15, -0.1) is 0 Å². The Morgan fingerprint density at radius 1 is 1.04 bits per heavy atom. The quantitative estimate of drug-likeness (QED) is 0.645. The third-order valence-electron chi connectivity index (χ3n) is 4.38. The molecule has 4 nitrogen and oxygen atoms in total. The number of hydrogen-bond acceptors (Lipinski definition) is 2. The number of anilines is 1. The molecule has 2 aromatic carbocycles. The lowest BCUT2D eigenvalue weighted by atomic mass is 10.1. The number of alkyl halides is 3. The van der Waals surface area contributed by atoms with Crippen molar-refractivity contribution >= 4 is 11.6 Å². The molecule has 3 aromatic rings. The maximum Gasteiger partial charge on any atom is 0.435 e. The lowest BCUT2D eigenvalue weighted by Gasteiger charge is -2.13. The van der Waals surface area contributed by atoms with Gasteiger partial charge in [0.1, 0.15) is 0 Å². The van der Waals surface area contributed by atoms with Gasteiger partial charge in [-0.25, -0.2) is 4.68 Å². The molecule has 0 saturated heterocycles. The maximum atomic E-state index is 13.6. The van der Waals surface area contributed by atoms with Gasteiger partial charge in [-0.05, 0) is 36.1 Å². The molecule has 0 spiro atoms.